The van der Waals surface area contributed by atoms with Gasteiger partial charge in [-0.05, 0) is 25.0 Å². The predicted molar refractivity (Wildman–Crippen MR) is 68.8 cm³/mol. The maximum absolute atomic E-state index is 11.8. The van der Waals surface area contributed by atoms with Crippen LogP contribution in [0.2, 0.25) is 0 Å². The molecule has 2 aromatic heterocycles. The van der Waals surface area contributed by atoms with Gasteiger partial charge >= 0.3 is 0 Å². The Bertz CT molecular complexity index is 602. The van der Waals surface area contributed by atoms with Crippen molar-refractivity contribution in [3.8, 4) is 0 Å². The number of carbonyl (C=O) groups excluding carboxylic acids is 1. The van der Waals surface area contributed by atoms with Gasteiger partial charge in [0, 0.05) is 25.4 Å². The molecule has 0 spiro atoms. The highest BCUT2D eigenvalue weighted by Crippen LogP contribution is 2.00. The Kier molecular flexibility index (Phi) is 4.12. The molecule has 0 radical (unpaired) electrons. The summed E-state index contributed by atoms with van der Waals surface area (Å²) >= 11 is 0. The molecule has 0 aliphatic rings. The third-order valence-electron chi connectivity index (χ3n) is 2.78. The van der Waals surface area contributed by atoms with Gasteiger partial charge in [-0.3, -0.25) is 9.59 Å². The topological polar surface area (TPSA) is 77.1 Å². The Hall–Kier alpha value is -2.37. The van der Waals surface area contributed by atoms with E-state index in [1.165, 1.54) is 10.6 Å². The van der Waals surface area contributed by atoms with E-state index in [9.17, 15) is 9.59 Å². The Balaban J connectivity index is 1.84. The van der Waals surface area contributed by atoms with E-state index in [-0.39, 0.29) is 17.0 Å². The van der Waals surface area contributed by atoms with Crippen LogP contribution in [0.5, 0.6) is 0 Å². The maximum Gasteiger partial charge on any atom is 0.263 e. The molecule has 19 heavy (non-hydrogen) atoms. The molecule has 0 aliphatic heterocycles. The Morgan fingerprint density at radius 1 is 1.53 bits per heavy atom. The minimum Gasteiger partial charge on any atom is -0.364 e. The van der Waals surface area contributed by atoms with E-state index in [0.717, 1.165) is 18.4 Å². The van der Waals surface area contributed by atoms with Crippen LogP contribution in [0, 0.1) is 0 Å². The molecule has 2 rings (SSSR count). The predicted octanol–water partition coefficient (Wildman–Crippen LogP) is 0.736. The van der Waals surface area contributed by atoms with Crippen molar-refractivity contribution in [2.75, 3.05) is 6.54 Å². The Labute approximate surface area is 110 Å². The number of pyridine rings is 1. The van der Waals surface area contributed by atoms with Gasteiger partial charge in [0.15, 0.2) is 0 Å². The van der Waals surface area contributed by atoms with Gasteiger partial charge in [0.2, 0.25) is 0 Å². The first-order chi connectivity index (χ1) is 9.18. The van der Waals surface area contributed by atoms with Gasteiger partial charge in [-0.2, -0.15) is 0 Å². The highest BCUT2D eigenvalue weighted by Gasteiger charge is 2.09. The van der Waals surface area contributed by atoms with Crippen molar-refractivity contribution in [1.29, 1.82) is 0 Å². The SMILES string of the molecule is Cn1cccc(C(=O)NCCCc2cnoc2)c1=O. The summed E-state index contributed by atoms with van der Waals surface area (Å²) in [4.78, 5) is 23.5. The van der Waals surface area contributed by atoms with Crippen molar-refractivity contribution in [3.63, 3.8) is 0 Å². The minimum atomic E-state index is -0.341. The summed E-state index contributed by atoms with van der Waals surface area (Å²) in [5.41, 5.74) is 0.860. The van der Waals surface area contributed by atoms with Crippen LogP contribution in [-0.4, -0.2) is 22.2 Å². The molecule has 6 nitrogen and oxygen atoms in total. The van der Waals surface area contributed by atoms with Crippen molar-refractivity contribution in [1.82, 2.24) is 15.0 Å². The molecule has 0 atom stereocenters. The van der Waals surface area contributed by atoms with E-state index in [4.69, 9.17) is 4.52 Å². The molecule has 100 valence electrons. The smallest absolute Gasteiger partial charge is 0.263 e. The lowest BCUT2D eigenvalue weighted by Crippen LogP contribution is -2.32. The maximum atomic E-state index is 11.8. The van der Waals surface area contributed by atoms with Crippen LogP contribution < -0.4 is 10.9 Å². The van der Waals surface area contributed by atoms with Crippen molar-refractivity contribution in [2.45, 2.75) is 12.8 Å². The van der Waals surface area contributed by atoms with Crippen molar-refractivity contribution >= 4 is 5.91 Å². The summed E-state index contributed by atoms with van der Waals surface area (Å²) in [5.74, 6) is -0.341. The third-order valence-corrected chi connectivity index (χ3v) is 2.78. The molecule has 0 aromatic carbocycles. The van der Waals surface area contributed by atoms with Gasteiger partial charge in [0.05, 0.1) is 6.20 Å². The number of amides is 1. The summed E-state index contributed by atoms with van der Waals surface area (Å²) in [6.45, 7) is 0.502. The number of hydrogen-bond acceptors (Lipinski definition) is 4. The van der Waals surface area contributed by atoms with E-state index in [1.807, 2.05) is 0 Å². The zero-order valence-corrected chi connectivity index (χ0v) is 10.6. The summed E-state index contributed by atoms with van der Waals surface area (Å²) in [7, 11) is 1.62. The summed E-state index contributed by atoms with van der Waals surface area (Å²) in [6, 6.07) is 3.20. The summed E-state index contributed by atoms with van der Waals surface area (Å²) in [5, 5.41) is 6.32. The normalized spacial score (nSPS) is 10.4. The van der Waals surface area contributed by atoms with Crippen LogP contribution in [0.15, 0.2) is 40.1 Å². The molecular weight excluding hydrogens is 246 g/mol. The number of carbonyl (C=O) groups is 1. The second kappa shape index (κ2) is 5.99. The minimum absolute atomic E-state index is 0.162. The molecule has 0 aliphatic carbocycles. The number of hydrogen-bond donors (Lipinski definition) is 1. The molecule has 1 N–H and O–H groups in total. The molecule has 1 amide bonds. The highest BCUT2D eigenvalue weighted by atomic mass is 16.5. The van der Waals surface area contributed by atoms with Gasteiger partial charge in [-0.1, -0.05) is 5.16 Å². The first kappa shape index (κ1) is 13.1. The molecule has 0 fully saturated rings. The van der Waals surface area contributed by atoms with E-state index in [0.29, 0.717) is 6.54 Å². The number of aromatic nitrogens is 2. The van der Waals surface area contributed by atoms with Gasteiger partial charge in [-0.25, -0.2) is 0 Å². The first-order valence-corrected chi connectivity index (χ1v) is 6.00. The van der Waals surface area contributed by atoms with Crippen LogP contribution in [0.1, 0.15) is 22.3 Å². The lowest BCUT2D eigenvalue weighted by atomic mass is 10.2. The van der Waals surface area contributed by atoms with Crippen LogP contribution in [0.4, 0.5) is 0 Å². The van der Waals surface area contributed by atoms with Crippen LogP contribution in [0.25, 0.3) is 0 Å². The fourth-order valence-corrected chi connectivity index (χ4v) is 1.71. The average molecular weight is 261 g/mol. The van der Waals surface area contributed by atoms with Gasteiger partial charge < -0.3 is 14.4 Å². The summed E-state index contributed by atoms with van der Waals surface area (Å²) in [6.07, 6.45) is 6.38. The average Bonchev–Trinajstić information content (AvgIpc) is 2.91. The van der Waals surface area contributed by atoms with Crippen LogP contribution in [0.3, 0.4) is 0 Å². The molecule has 2 aromatic rings. The monoisotopic (exact) mass is 261 g/mol. The van der Waals surface area contributed by atoms with Crippen molar-refractivity contribution < 1.29 is 9.32 Å². The van der Waals surface area contributed by atoms with E-state index < -0.39 is 0 Å². The Morgan fingerprint density at radius 3 is 3.11 bits per heavy atom. The molecule has 0 saturated heterocycles. The lowest BCUT2D eigenvalue weighted by molar-refractivity contribution is 0.0951. The second-order valence-electron chi connectivity index (χ2n) is 4.23. The Morgan fingerprint density at radius 2 is 2.37 bits per heavy atom. The number of nitrogens with one attached hydrogen (secondary N) is 1. The number of rotatable bonds is 5. The van der Waals surface area contributed by atoms with Gasteiger partial charge in [-0.15, -0.1) is 0 Å². The van der Waals surface area contributed by atoms with Crippen molar-refractivity contribution in [3.05, 3.63) is 52.3 Å². The molecule has 0 bridgehead atoms. The van der Waals surface area contributed by atoms with Crippen LogP contribution >= 0.6 is 0 Å². The molecular formula is C13H15N3O3. The largest absolute Gasteiger partial charge is 0.364 e. The standard InChI is InChI=1S/C13H15N3O3/c1-16-7-3-5-11(13(16)18)12(17)14-6-2-4-10-8-15-19-9-10/h3,5,7-9H,2,4,6H2,1H3,(H,14,17). The van der Waals surface area contributed by atoms with E-state index in [2.05, 4.69) is 10.5 Å². The number of nitrogens with zero attached hydrogens (tertiary/aromatic N) is 2. The molecule has 0 saturated carbocycles. The zero-order chi connectivity index (χ0) is 13.7. The zero-order valence-electron chi connectivity index (χ0n) is 10.6. The first-order valence-electron chi connectivity index (χ1n) is 6.00. The lowest BCUT2D eigenvalue weighted by Gasteiger charge is -2.05. The number of aryl methyl sites for hydroxylation is 2. The third kappa shape index (κ3) is 3.31. The second-order valence-corrected chi connectivity index (χ2v) is 4.23. The fourth-order valence-electron chi connectivity index (χ4n) is 1.71. The summed E-state index contributed by atoms with van der Waals surface area (Å²) < 4.78 is 6.09. The quantitative estimate of drug-likeness (QED) is 0.805. The fraction of sp³-hybridized carbons (Fsp3) is 0.308. The molecule has 0 unspecified atom stereocenters. The van der Waals surface area contributed by atoms with Crippen LogP contribution in [-0.2, 0) is 13.5 Å². The van der Waals surface area contributed by atoms with Gasteiger partial charge in [0.25, 0.3) is 11.5 Å². The van der Waals surface area contributed by atoms with E-state index >= 15 is 0 Å². The molecule has 6 heteroatoms. The van der Waals surface area contributed by atoms with E-state index in [1.54, 1.807) is 31.8 Å². The highest BCUT2D eigenvalue weighted by molar-refractivity contribution is 5.93. The molecule has 2 heterocycles. The van der Waals surface area contributed by atoms with Crippen molar-refractivity contribution in [2.24, 2.45) is 7.05 Å². The van der Waals surface area contributed by atoms with Gasteiger partial charge in [0.1, 0.15) is 11.8 Å².